The highest BCUT2D eigenvalue weighted by molar-refractivity contribution is 7.89. The van der Waals surface area contributed by atoms with Crippen LogP contribution in [0.4, 0.5) is 19.3 Å². The van der Waals surface area contributed by atoms with E-state index < -0.39 is 26.6 Å². The molecule has 2 aromatic rings. The van der Waals surface area contributed by atoms with Crippen molar-refractivity contribution >= 4 is 21.7 Å². The molecular weight excluding hydrogens is 476 g/mol. The van der Waals surface area contributed by atoms with Crippen LogP contribution >= 0.6 is 0 Å². The number of carbonyl (C=O) groups excluding carboxylic acids is 1. The van der Waals surface area contributed by atoms with Crippen molar-refractivity contribution in [3.63, 3.8) is 0 Å². The fourth-order valence-electron chi connectivity index (χ4n) is 4.62. The van der Waals surface area contributed by atoms with Gasteiger partial charge in [-0.15, -0.1) is 0 Å². The number of nitrogens with one attached hydrogen (secondary N) is 2. The maximum atomic E-state index is 14.3. The molecule has 35 heavy (non-hydrogen) atoms. The summed E-state index contributed by atoms with van der Waals surface area (Å²) in [7, 11) is -4.06. The third-order valence-electron chi connectivity index (χ3n) is 6.33. The first kappa shape index (κ1) is 25.5. The zero-order valence-electron chi connectivity index (χ0n) is 19.9. The number of urea groups is 1. The van der Waals surface area contributed by atoms with E-state index >= 15 is 0 Å². The first-order valence-electron chi connectivity index (χ1n) is 11.8. The molecule has 4 rings (SSSR count). The SMILES string of the molecule is Cc1cc(NC(=O)NCCN2CCC(N(C3CC3)S(=O)(=O)c3ccc(F)cc3F)CC2)cc(C)n1. The summed E-state index contributed by atoms with van der Waals surface area (Å²) in [4.78, 5) is 18.2. The molecule has 0 bridgehead atoms. The van der Waals surface area contributed by atoms with Crippen molar-refractivity contribution in [2.75, 3.05) is 31.5 Å². The highest BCUT2D eigenvalue weighted by Crippen LogP contribution is 2.37. The van der Waals surface area contributed by atoms with Crippen molar-refractivity contribution < 1.29 is 22.0 Å². The summed E-state index contributed by atoms with van der Waals surface area (Å²) in [5, 5.41) is 5.65. The van der Waals surface area contributed by atoms with Gasteiger partial charge in [-0.05, 0) is 76.9 Å². The van der Waals surface area contributed by atoms with Gasteiger partial charge < -0.3 is 15.5 Å². The van der Waals surface area contributed by atoms with Crippen LogP contribution in [0, 0.1) is 25.5 Å². The Morgan fingerprint density at radius 1 is 1.06 bits per heavy atom. The van der Waals surface area contributed by atoms with E-state index in [1.807, 2.05) is 13.8 Å². The van der Waals surface area contributed by atoms with Gasteiger partial charge in [0.25, 0.3) is 0 Å². The van der Waals surface area contributed by atoms with E-state index in [4.69, 9.17) is 0 Å². The van der Waals surface area contributed by atoms with Crippen LogP contribution in [0.25, 0.3) is 0 Å². The first-order chi connectivity index (χ1) is 16.6. The van der Waals surface area contributed by atoms with E-state index in [2.05, 4.69) is 20.5 Å². The van der Waals surface area contributed by atoms with Gasteiger partial charge in [0.05, 0.1) is 0 Å². The second kappa shape index (κ2) is 10.5. The second-order valence-electron chi connectivity index (χ2n) is 9.23. The number of hydrogen-bond donors (Lipinski definition) is 2. The Morgan fingerprint density at radius 3 is 2.29 bits per heavy atom. The molecule has 1 aliphatic heterocycles. The maximum Gasteiger partial charge on any atom is 0.319 e. The predicted octanol–water partition coefficient (Wildman–Crippen LogP) is 3.42. The Morgan fingerprint density at radius 2 is 1.69 bits per heavy atom. The molecule has 0 atom stereocenters. The van der Waals surface area contributed by atoms with E-state index in [9.17, 15) is 22.0 Å². The lowest BCUT2D eigenvalue weighted by Gasteiger charge is -2.38. The van der Waals surface area contributed by atoms with E-state index in [1.165, 1.54) is 4.31 Å². The van der Waals surface area contributed by atoms with Crippen molar-refractivity contribution in [3.05, 3.63) is 53.4 Å². The van der Waals surface area contributed by atoms with Gasteiger partial charge in [0, 0.05) is 48.3 Å². The number of aromatic nitrogens is 1. The average Bonchev–Trinajstić information content (AvgIpc) is 3.58. The molecule has 2 amide bonds. The number of aryl methyl sites for hydroxylation is 2. The van der Waals surface area contributed by atoms with Gasteiger partial charge >= 0.3 is 6.03 Å². The largest absolute Gasteiger partial charge is 0.337 e. The lowest BCUT2D eigenvalue weighted by molar-refractivity contribution is 0.156. The summed E-state index contributed by atoms with van der Waals surface area (Å²) in [6.45, 7) is 6.15. The Hall–Kier alpha value is -2.63. The van der Waals surface area contributed by atoms with Crippen LogP contribution in [0.5, 0.6) is 0 Å². The van der Waals surface area contributed by atoms with Gasteiger partial charge in [0.2, 0.25) is 10.0 Å². The van der Waals surface area contributed by atoms with Gasteiger partial charge in [-0.2, -0.15) is 4.31 Å². The molecule has 1 aromatic carbocycles. The van der Waals surface area contributed by atoms with Crippen LogP contribution < -0.4 is 10.6 Å². The maximum absolute atomic E-state index is 14.3. The molecule has 2 aliphatic rings. The standard InChI is InChI=1S/C24H31F2N5O3S/c1-16-13-19(14-17(2)28-16)29-24(32)27-9-12-30-10-7-21(8-11-30)31(20-4-5-20)35(33,34)23-6-3-18(25)15-22(23)26/h3,6,13-15,20-21H,4-5,7-12H2,1-2H3,(H2,27,28,29,32). The third-order valence-corrected chi connectivity index (χ3v) is 8.36. The normalized spacial score (nSPS) is 17.5. The number of pyridine rings is 1. The zero-order chi connectivity index (χ0) is 25.2. The molecule has 0 spiro atoms. The average molecular weight is 508 g/mol. The van der Waals surface area contributed by atoms with E-state index in [0.717, 1.165) is 36.4 Å². The molecule has 2 fully saturated rings. The fourth-order valence-corrected chi connectivity index (χ4v) is 6.60. The van der Waals surface area contributed by atoms with Crippen LogP contribution in [0.2, 0.25) is 0 Å². The minimum atomic E-state index is -4.06. The van der Waals surface area contributed by atoms with Crippen molar-refractivity contribution in [1.29, 1.82) is 0 Å². The predicted molar refractivity (Wildman–Crippen MR) is 129 cm³/mol. The van der Waals surface area contributed by atoms with Gasteiger partial charge in [-0.1, -0.05) is 0 Å². The molecule has 190 valence electrons. The molecule has 2 heterocycles. The number of rotatable bonds is 8. The lowest BCUT2D eigenvalue weighted by Crippen LogP contribution is -2.49. The topological polar surface area (TPSA) is 94.6 Å². The number of nitrogens with zero attached hydrogens (tertiary/aromatic N) is 3. The molecule has 2 N–H and O–H groups in total. The lowest BCUT2D eigenvalue weighted by atomic mass is 10.0. The van der Waals surface area contributed by atoms with Gasteiger partial charge in [-0.25, -0.2) is 22.0 Å². The summed E-state index contributed by atoms with van der Waals surface area (Å²) in [6.07, 6.45) is 2.72. The number of carbonyl (C=O) groups is 1. The smallest absolute Gasteiger partial charge is 0.319 e. The molecule has 11 heteroatoms. The van der Waals surface area contributed by atoms with E-state index in [-0.39, 0.29) is 18.1 Å². The van der Waals surface area contributed by atoms with Gasteiger partial charge in [0.15, 0.2) is 0 Å². The minimum absolute atomic E-state index is 0.133. The molecule has 8 nitrogen and oxygen atoms in total. The van der Waals surface area contributed by atoms with Crippen LogP contribution in [0.1, 0.15) is 37.1 Å². The molecule has 0 unspecified atom stereocenters. The highest BCUT2D eigenvalue weighted by atomic mass is 32.2. The summed E-state index contributed by atoms with van der Waals surface area (Å²) in [6, 6.07) is 5.54. The number of sulfonamides is 1. The highest BCUT2D eigenvalue weighted by Gasteiger charge is 2.44. The van der Waals surface area contributed by atoms with Crippen LogP contribution in [0.3, 0.4) is 0 Å². The molecule has 1 saturated carbocycles. The Kier molecular flexibility index (Phi) is 7.67. The first-order valence-corrected chi connectivity index (χ1v) is 13.3. The number of piperidine rings is 1. The number of hydrogen-bond acceptors (Lipinski definition) is 5. The molecule has 0 radical (unpaired) electrons. The summed E-state index contributed by atoms with van der Waals surface area (Å²) in [5.41, 5.74) is 2.34. The summed E-state index contributed by atoms with van der Waals surface area (Å²) in [5.74, 6) is -1.87. The molecule has 1 saturated heterocycles. The van der Waals surface area contributed by atoms with Crippen molar-refractivity contribution in [2.24, 2.45) is 0 Å². The number of anilines is 1. The number of benzene rings is 1. The number of amides is 2. The third kappa shape index (κ3) is 6.33. The monoisotopic (exact) mass is 507 g/mol. The fraction of sp³-hybridized carbons (Fsp3) is 0.500. The van der Waals surface area contributed by atoms with E-state index in [0.29, 0.717) is 50.8 Å². The van der Waals surface area contributed by atoms with Crippen LogP contribution in [-0.2, 0) is 10.0 Å². The minimum Gasteiger partial charge on any atom is -0.337 e. The van der Waals surface area contributed by atoms with Crippen molar-refractivity contribution in [2.45, 2.75) is 56.5 Å². The zero-order valence-corrected chi connectivity index (χ0v) is 20.7. The quantitative estimate of drug-likeness (QED) is 0.571. The van der Waals surface area contributed by atoms with Crippen molar-refractivity contribution in [1.82, 2.24) is 19.5 Å². The summed E-state index contributed by atoms with van der Waals surface area (Å²) >= 11 is 0. The Bertz CT molecular complexity index is 1160. The summed E-state index contributed by atoms with van der Waals surface area (Å²) < 4.78 is 55.6. The van der Waals surface area contributed by atoms with Crippen LogP contribution in [0.15, 0.2) is 35.2 Å². The van der Waals surface area contributed by atoms with Crippen LogP contribution in [-0.4, -0.2) is 66.9 Å². The van der Waals surface area contributed by atoms with Crippen molar-refractivity contribution in [3.8, 4) is 0 Å². The van der Waals surface area contributed by atoms with Gasteiger partial charge in [0.1, 0.15) is 16.5 Å². The Labute approximate surface area is 204 Å². The van der Waals surface area contributed by atoms with Gasteiger partial charge in [-0.3, -0.25) is 4.98 Å². The molecule has 1 aromatic heterocycles. The molecular formula is C24H31F2N5O3S. The Balaban J connectivity index is 1.28. The second-order valence-corrected chi connectivity index (χ2v) is 11.0. The van der Waals surface area contributed by atoms with E-state index in [1.54, 1.807) is 12.1 Å². The number of halogens is 2. The number of likely N-dealkylation sites (tertiary alicyclic amines) is 1. The molecule has 1 aliphatic carbocycles.